The number of methoxy groups -OCH3 is 1. The van der Waals surface area contributed by atoms with Gasteiger partial charge in [-0.25, -0.2) is 0 Å². The Labute approximate surface area is 172 Å². The van der Waals surface area contributed by atoms with Crippen LogP contribution in [0.15, 0.2) is 28.8 Å². The van der Waals surface area contributed by atoms with E-state index in [-0.39, 0.29) is 5.91 Å². The van der Waals surface area contributed by atoms with Crippen molar-refractivity contribution in [2.24, 2.45) is 11.8 Å². The quantitative estimate of drug-likeness (QED) is 0.675. The number of rotatable bonds is 6. The van der Waals surface area contributed by atoms with Gasteiger partial charge in [-0.05, 0) is 55.9 Å². The molecule has 1 fully saturated rings. The van der Waals surface area contributed by atoms with Crippen LogP contribution in [-0.4, -0.2) is 36.2 Å². The molecule has 156 valence electrons. The molecule has 0 spiro atoms. The average Bonchev–Trinajstić information content (AvgIpc) is 3.01. The van der Waals surface area contributed by atoms with Crippen molar-refractivity contribution >= 4 is 12.0 Å². The third kappa shape index (κ3) is 5.19. The second-order valence-corrected chi connectivity index (χ2v) is 8.02. The number of hydrogen-bond donors (Lipinski definition) is 0. The van der Waals surface area contributed by atoms with Gasteiger partial charge in [0.25, 0.3) is 0 Å². The number of hydrogen-bond acceptors (Lipinski definition) is 5. The number of ether oxygens (including phenoxy) is 2. The standard InChI is InChI=1S/C23H30N2O4/c1-15-10-16(2)13-25(12-15)23(26)9-7-19-6-8-21(22(11-19)27-5)28-14-20-17(3)24-29-18(20)4/h6-9,11,15-16H,10,12-14H2,1-5H3/b9-7+. The van der Waals surface area contributed by atoms with E-state index >= 15 is 0 Å². The maximum absolute atomic E-state index is 12.5. The monoisotopic (exact) mass is 398 g/mol. The molecule has 0 aliphatic carbocycles. The molecule has 6 heteroatoms. The highest BCUT2D eigenvalue weighted by molar-refractivity contribution is 5.92. The third-order valence-corrected chi connectivity index (χ3v) is 5.34. The Balaban J connectivity index is 1.66. The highest BCUT2D eigenvalue weighted by atomic mass is 16.5. The summed E-state index contributed by atoms with van der Waals surface area (Å²) in [6.45, 7) is 10.2. The van der Waals surface area contributed by atoms with Crippen LogP contribution < -0.4 is 9.47 Å². The summed E-state index contributed by atoms with van der Waals surface area (Å²) in [6, 6.07) is 5.64. The first-order valence-electron chi connectivity index (χ1n) is 10.1. The molecule has 6 nitrogen and oxygen atoms in total. The molecule has 1 aromatic heterocycles. The molecular formula is C23H30N2O4. The fraction of sp³-hybridized carbons (Fsp3) is 0.478. The van der Waals surface area contributed by atoms with E-state index in [9.17, 15) is 4.79 Å². The molecule has 0 saturated carbocycles. The Morgan fingerprint density at radius 2 is 1.97 bits per heavy atom. The lowest BCUT2D eigenvalue weighted by molar-refractivity contribution is -0.128. The summed E-state index contributed by atoms with van der Waals surface area (Å²) in [4.78, 5) is 14.5. The maximum Gasteiger partial charge on any atom is 0.246 e. The smallest absolute Gasteiger partial charge is 0.246 e. The molecule has 1 saturated heterocycles. The number of carbonyl (C=O) groups is 1. The van der Waals surface area contributed by atoms with Crippen molar-refractivity contribution in [2.45, 2.75) is 40.7 Å². The van der Waals surface area contributed by atoms with Crippen LogP contribution in [0.4, 0.5) is 0 Å². The molecular weight excluding hydrogens is 368 g/mol. The zero-order valence-corrected chi connectivity index (χ0v) is 17.9. The number of piperidine rings is 1. The predicted molar refractivity (Wildman–Crippen MR) is 112 cm³/mol. The van der Waals surface area contributed by atoms with Crippen LogP contribution in [0.3, 0.4) is 0 Å². The Kier molecular flexibility index (Phi) is 6.62. The molecule has 2 heterocycles. The van der Waals surface area contributed by atoms with Crippen LogP contribution in [0.1, 0.15) is 42.8 Å². The predicted octanol–water partition coefficient (Wildman–Crippen LogP) is 4.40. The van der Waals surface area contributed by atoms with Gasteiger partial charge < -0.3 is 18.9 Å². The lowest BCUT2D eigenvalue weighted by Crippen LogP contribution is -2.41. The molecule has 0 N–H and O–H groups in total. The van der Waals surface area contributed by atoms with Crippen molar-refractivity contribution in [2.75, 3.05) is 20.2 Å². The molecule has 2 atom stereocenters. The molecule has 1 aliphatic heterocycles. The van der Waals surface area contributed by atoms with Crippen LogP contribution in [-0.2, 0) is 11.4 Å². The first-order valence-corrected chi connectivity index (χ1v) is 10.1. The van der Waals surface area contributed by atoms with Crippen LogP contribution in [0.25, 0.3) is 6.08 Å². The van der Waals surface area contributed by atoms with E-state index in [1.54, 1.807) is 13.2 Å². The average molecular weight is 399 g/mol. The normalized spacial score (nSPS) is 19.6. The van der Waals surface area contributed by atoms with E-state index < -0.39 is 0 Å². The van der Waals surface area contributed by atoms with Gasteiger partial charge in [-0.3, -0.25) is 4.79 Å². The third-order valence-electron chi connectivity index (χ3n) is 5.34. The molecule has 1 aromatic carbocycles. The molecule has 2 aromatic rings. The fourth-order valence-corrected chi connectivity index (χ4v) is 3.88. The number of nitrogens with zero attached hydrogens (tertiary/aromatic N) is 2. The van der Waals surface area contributed by atoms with Gasteiger partial charge in [0, 0.05) is 19.2 Å². The van der Waals surface area contributed by atoms with Crippen molar-refractivity contribution in [1.29, 1.82) is 0 Å². The lowest BCUT2D eigenvalue weighted by Gasteiger charge is -2.34. The number of aryl methyl sites for hydroxylation is 2. The van der Waals surface area contributed by atoms with Gasteiger partial charge in [-0.1, -0.05) is 25.1 Å². The minimum absolute atomic E-state index is 0.0566. The van der Waals surface area contributed by atoms with E-state index in [0.717, 1.165) is 35.7 Å². The molecule has 1 aliphatic rings. The van der Waals surface area contributed by atoms with Crippen molar-refractivity contribution in [3.05, 3.63) is 46.9 Å². The number of benzene rings is 1. The van der Waals surface area contributed by atoms with Gasteiger partial charge in [0.15, 0.2) is 11.5 Å². The summed E-state index contributed by atoms with van der Waals surface area (Å²) in [6.07, 6.45) is 4.65. The minimum atomic E-state index is 0.0566. The first kappa shape index (κ1) is 21.0. The zero-order valence-electron chi connectivity index (χ0n) is 17.9. The van der Waals surface area contributed by atoms with Crippen molar-refractivity contribution in [3.63, 3.8) is 0 Å². The van der Waals surface area contributed by atoms with Gasteiger partial charge in [-0.15, -0.1) is 0 Å². The molecule has 0 bridgehead atoms. The number of amides is 1. The van der Waals surface area contributed by atoms with E-state index in [1.165, 1.54) is 6.42 Å². The Morgan fingerprint density at radius 3 is 2.59 bits per heavy atom. The maximum atomic E-state index is 12.5. The van der Waals surface area contributed by atoms with E-state index in [2.05, 4.69) is 19.0 Å². The number of aromatic nitrogens is 1. The molecule has 2 unspecified atom stereocenters. The van der Waals surface area contributed by atoms with Crippen LogP contribution in [0.5, 0.6) is 11.5 Å². The van der Waals surface area contributed by atoms with Gasteiger partial charge in [0.05, 0.1) is 18.4 Å². The molecule has 1 amide bonds. The lowest BCUT2D eigenvalue weighted by atomic mass is 9.92. The number of likely N-dealkylation sites (tertiary alicyclic amines) is 1. The number of carbonyl (C=O) groups excluding carboxylic acids is 1. The van der Waals surface area contributed by atoms with Crippen molar-refractivity contribution in [3.8, 4) is 11.5 Å². The fourth-order valence-electron chi connectivity index (χ4n) is 3.88. The summed E-state index contributed by atoms with van der Waals surface area (Å²) in [5.74, 6) is 3.15. The minimum Gasteiger partial charge on any atom is -0.493 e. The Hall–Kier alpha value is -2.76. The highest BCUT2D eigenvalue weighted by Gasteiger charge is 2.24. The largest absolute Gasteiger partial charge is 0.493 e. The summed E-state index contributed by atoms with van der Waals surface area (Å²) < 4.78 is 16.6. The second kappa shape index (κ2) is 9.16. The Bertz CT molecular complexity index is 857. The Morgan fingerprint density at radius 1 is 1.24 bits per heavy atom. The summed E-state index contributed by atoms with van der Waals surface area (Å²) in [5.41, 5.74) is 2.64. The topological polar surface area (TPSA) is 64.8 Å². The van der Waals surface area contributed by atoms with E-state index in [1.807, 2.05) is 43.0 Å². The van der Waals surface area contributed by atoms with Gasteiger partial charge >= 0.3 is 0 Å². The molecule has 3 rings (SSSR count). The van der Waals surface area contributed by atoms with Crippen LogP contribution in [0, 0.1) is 25.7 Å². The second-order valence-electron chi connectivity index (χ2n) is 8.02. The zero-order chi connectivity index (χ0) is 21.0. The van der Waals surface area contributed by atoms with Gasteiger partial charge in [-0.2, -0.15) is 0 Å². The summed E-state index contributed by atoms with van der Waals surface area (Å²) in [5, 5.41) is 3.94. The van der Waals surface area contributed by atoms with Crippen molar-refractivity contribution < 1.29 is 18.8 Å². The van der Waals surface area contributed by atoms with Crippen LogP contribution >= 0.6 is 0 Å². The summed E-state index contributed by atoms with van der Waals surface area (Å²) >= 11 is 0. The molecule has 29 heavy (non-hydrogen) atoms. The van der Waals surface area contributed by atoms with Gasteiger partial charge in [0.2, 0.25) is 5.91 Å². The summed E-state index contributed by atoms with van der Waals surface area (Å²) in [7, 11) is 1.60. The van der Waals surface area contributed by atoms with Gasteiger partial charge in [0.1, 0.15) is 12.4 Å². The first-order chi connectivity index (χ1) is 13.9. The van der Waals surface area contributed by atoms with E-state index in [0.29, 0.717) is 29.9 Å². The molecule has 0 radical (unpaired) electrons. The van der Waals surface area contributed by atoms with Crippen LogP contribution in [0.2, 0.25) is 0 Å². The highest BCUT2D eigenvalue weighted by Crippen LogP contribution is 2.30. The van der Waals surface area contributed by atoms with E-state index in [4.69, 9.17) is 14.0 Å². The van der Waals surface area contributed by atoms with Crippen molar-refractivity contribution in [1.82, 2.24) is 10.1 Å². The SMILES string of the molecule is COc1cc(/C=C/C(=O)N2CC(C)CC(C)C2)ccc1OCc1c(C)noc1C.